The highest BCUT2D eigenvalue weighted by molar-refractivity contribution is 5.88. The second-order valence-electron chi connectivity index (χ2n) is 4.74. The van der Waals surface area contributed by atoms with Crippen molar-refractivity contribution in [3.05, 3.63) is 29.3 Å². The van der Waals surface area contributed by atoms with Crippen LogP contribution in [0.5, 0.6) is 5.75 Å². The van der Waals surface area contributed by atoms with E-state index in [-0.39, 0.29) is 5.56 Å². The number of rotatable bonds is 8. The van der Waals surface area contributed by atoms with E-state index >= 15 is 0 Å². The molecule has 106 valence electrons. The predicted octanol–water partition coefficient (Wildman–Crippen LogP) is 3.35. The monoisotopic (exact) mass is 266 g/mol. The van der Waals surface area contributed by atoms with Crippen molar-refractivity contribution in [3.8, 4) is 5.75 Å². The van der Waals surface area contributed by atoms with E-state index in [2.05, 4.69) is 13.8 Å². The van der Waals surface area contributed by atoms with Crippen molar-refractivity contribution in [1.82, 2.24) is 0 Å². The summed E-state index contributed by atoms with van der Waals surface area (Å²) in [5.41, 5.74) is 1.02. The summed E-state index contributed by atoms with van der Waals surface area (Å²) < 4.78 is 10.9. The predicted molar refractivity (Wildman–Crippen MR) is 73.7 cm³/mol. The zero-order chi connectivity index (χ0) is 14.3. The number of carbonyl (C=O) groups is 1. The fraction of sp³-hybridized carbons (Fsp3) is 0.533. The molecule has 1 N–H and O–H groups in total. The Labute approximate surface area is 114 Å². The van der Waals surface area contributed by atoms with Crippen LogP contribution in [0.4, 0.5) is 0 Å². The largest absolute Gasteiger partial charge is 0.496 e. The zero-order valence-corrected chi connectivity index (χ0v) is 11.8. The quantitative estimate of drug-likeness (QED) is 0.784. The van der Waals surface area contributed by atoms with Crippen molar-refractivity contribution < 1.29 is 19.4 Å². The summed E-state index contributed by atoms with van der Waals surface area (Å²) in [4.78, 5) is 10.9. The molecule has 0 bridgehead atoms. The van der Waals surface area contributed by atoms with Gasteiger partial charge in [-0.25, -0.2) is 4.79 Å². The van der Waals surface area contributed by atoms with Crippen LogP contribution in [0.3, 0.4) is 0 Å². The van der Waals surface area contributed by atoms with Crippen LogP contribution in [0.1, 0.15) is 42.6 Å². The van der Waals surface area contributed by atoms with Gasteiger partial charge in [-0.15, -0.1) is 0 Å². The van der Waals surface area contributed by atoms with E-state index in [4.69, 9.17) is 14.6 Å². The average molecular weight is 266 g/mol. The van der Waals surface area contributed by atoms with Gasteiger partial charge >= 0.3 is 5.97 Å². The first-order valence-corrected chi connectivity index (χ1v) is 6.56. The maximum atomic E-state index is 10.9. The molecule has 0 saturated carbocycles. The van der Waals surface area contributed by atoms with Crippen LogP contribution in [-0.2, 0) is 11.3 Å². The number of carboxylic acid groups (broad SMARTS) is 1. The molecule has 0 aliphatic rings. The standard InChI is InChI=1S/C15H22O4/c1-4-5-11(2)9-19-10-13-8-12(15(16)17)6-7-14(13)18-3/h6-8,11H,4-5,9-10H2,1-3H3,(H,16,17). The van der Waals surface area contributed by atoms with Crippen molar-refractivity contribution >= 4 is 5.97 Å². The van der Waals surface area contributed by atoms with Crippen LogP contribution in [-0.4, -0.2) is 24.8 Å². The Balaban J connectivity index is 2.65. The van der Waals surface area contributed by atoms with Gasteiger partial charge in [0.05, 0.1) is 19.3 Å². The van der Waals surface area contributed by atoms with E-state index in [1.54, 1.807) is 19.2 Å². The van der Waals surface area contributed by atoms with Gasteiger partial charge in [-0.1, -0.05) is 20.3 Å². The second kappa shape index (κ2) is 7.79. The third-order valence-electron chi connectivity index (χ3n) is 2.97. The first kappa shape index (κ1) is 15.5. The third kappa shape index (κ3) is 4.91. The molecule has 0 saturated heterocycles. The molecule has 1 aromatic carbocycles. The summed E-state index contributed by atoms with van der Waals surface area (Å²) in [6.45, 7) is 5.34. The number of ether oxygens (including phenoxy) is 2. The topological polar surface area (TPSA) is 55.8 Å². The summed E-state index contributed by atoms with van der Waals surface area (Å²) in [6.07, 6.45) is 2.27. The molecule has 4 heteroatoms. The summed E-state index contributed by atoms with van der Waals surface area (Å²) in [6, 6.07) is 4.80. The van der Waals surface area contributed by atoms with Crippen molar-refractivity contribution in [3.63, 3.8) is 0 Å². The number of hydrogen-bond acceptors (Lipinski definition) is 3. The Hall–Kier alpha value is -1.55. The Morgan fingerprint density at radius 3 is 2.74 bits per heavy atom. The molecule has 0 aliphatic heterocycles. The minimum atomic E-state index is -0.941. The molecular formula is C15H22O4. The lowest BCUT2D eigenvalue weighted by atomic mass is 10.1. The van der Waals surface area contributed by atoms with Crippen LogP contribution < -0.4 is 4.74 Å². The minimum absolute atomic E-state index is 0.251. The van der Waals surface area contributed by atoms with Gasteiger partial charge in [0, 0.05) is 12.2 Å². The molecule has 19 heavy (non-hydrogen) atoms. The minimum Gasteiger partial charge on any atom is -0.496 e. The third-order valence-corrected chi connectivity index (χ3v) is 2.97. The molecule has 1 atom stereocenters. The first-order valence-electron chi connectivity index (χ1n) is 6.56. The van der Waals surface area contributed by atoms with Gasteiger partial charge in [0.2, 0.25) is 0 Å². The van der Waals surface area contributed by atoms with Crippen LogP contribution in [0.2, 0.25) is 0 Å². The van der Waals surface area contributed by atoms with E-state index in [0.717, 1.165) is 18.4 Å². The Morgan fingerprint density at radius 2 is 2.16 bits per heavy atom. The smallest absolute Gasteiger partial charge is 0.335 e. The molecule has 0 radical (unpaired) electrons. The zero-order valence-electron chi connectivity index (χ0n) is 11.8. The SMILES string of the molecule is CCCC(C)COCc1cc(C(=O)O)ccc1OC. The normalized spacial score (nSPS) is 12.2. The lowest BCUT2D eigenvalue weighted by molar-refractivity contribution is 0.0695. The van der Waals surface area contributed by atoms with Gasteiger partial charge in [0.15, 0.2) is 0 Å². The van der Waals surface area contributed by atoms with E-state index in [0.29, 0.717) is 24.9 Å². The fourth-order valence-corrected chi connectivity index (χ4v) is 1.97. The Kier molecular flexibility index (Phi) is 6.36. The number of aromatic carboxylic acids is 1. The highest BCUT2D eigenvalue weighted by atomic mass is 16.5. The number of hydrogen-bond donors (Lipinski definition) is 1. The molecule has 0 aromatic heterocycles. The molecule has 1 rings (SSSR count). The van der Waals surface area contributed by atoms with Gasteiger partial charge in [-0.2, -0.15) is 0 Å². The number of methoxy groups -OCH3 is 1. The van der Waals surface area contributed by atoms with Gasteiger partial charge in [0.25, 0.3) is 0 Å². The fourth-order valence-electron chi connectivity index (χ4n) is 1.97. The molecule has 0 heterocycles. The molecule has 4 nitrogen and oxygen atoms in total. The maximum Gasteiger partial charge on any atom is 0.335 e. The summed E-state index contributed by atoms with van der Waals surface area (Å²) in [5, 5.41) is 8.97. The highest BCUT2D eigenvalue weighted by Crippen LogP contribution is 2.21. The van der Waals surface area contributed by atoms with Crippen LogP contribution in [0.15, 0.2) is 18.2 Å². The molecule has 1 unspecified atom stereocenters. The Morgan fingerprint density at radius 1 is 1.42 bits per heavy atom. The number of carboxylic acids is 1. The van der Waals surface area contributed by atoms with Gasteiger partial charge in [-0.3, -0.25) is 0 Å². The van der Waals surface area contributed by atoms with E-state index in [1.165, 1.54) is 6.07 Å². The van der Waals surface area contributed by atoms with Gasteiger partial charge in [-0.05, 0) is 30.5 Å². The summed E-state index contributed by atoms with van der Waals surface area (Å²) in [5.74, 6) is 0.232. The van der Waals surface area contributed by atoms with Crippen LogP contribution in [0, 0.1) is 5.92 Å². The molecule has 1 aromatic rings. The molecule has 0 spiro atoms. The molecule has 0 amide bonds. The van der Waals surface area contributed by atoms with E-state index in [9.17, 15) is 4.79 Å². The molecular weight excluding hydrogens is 244 g/mol. The molecule has 0 fully saturated rings. The maximum absolute atomic E-state index is 10.9. The Bertz CT molecular complexity index is 415. The summed E-state index contributed by atoms with van der Waals surface area (Å²) >= 11 is 0. The van der Waals surface area contributed by atoms with Crippen molar-refractivity contribution in [1.29, 1.82) is 0 Å². The summed E-state index contributed by atoms with van der Waals surface area (Å²) in [7, 11) is 1.57. The lowest BCUT2D eigenvalue weighted by Gasteiger charge is -2.13. The average Bonchev–Trinajstić information content (AvgIpc) is 2.38. The van der Waals surface area contributed by atoms with Crippen molar-refractivity contribution in [2.24, 2.45) is 5.92 Å². The second-order valence-corrected chi connectivity index (χ2v) is 4.74. The van der Waals surface area contributed by atoms with E-state index in [1.807, 2.05) is 0 Å². The van der Waals surface area contributed by atoms with Gasteiger partial charge in [0.1, 0.15) is 5.75 Å². The number of benzene rings is 1. The highest BCUT2D eigenvalue weighted by Gasteiger charge is 2.10. The molecule has 0 aliphatic carbocycles. The first-order chi connectivity index (χ1) is 9.08. The van der Waals surface area contributed by atoms with Crippen molar-refractivity contribution in [2.75, 3.05) is 13.7 Å². The van der Waals surface area contributed by atoms with Crippen LogP contribution >= 0.6 is 0 Å². The van der Waals surface area contributed by atoms with Crippen molar-refractivity contribution in [2.45, 2.75) is 33.3 Å². The lowest BCUT2D eigenvalue weighted by Crippen LogP contribution is -2.07. The van der Waals surface area contributed by atoms with Crippen LogP contribution in [0.25, 0.3) is 0 Å². The van der Waals surface area contributed by atoms with E-state index < -0.39 is 5.97 Å². The van der Waals surface area contributed by atoms with Gasteiger partial charge < -0.3 is 14.6 Å².